The van der Waals surface area contributed by atoms with Crippen molar-refractivity contribution in [1.82, 2.24) is 0 Å². The molecule has 0 aliphatic heterocycles. The molecule has 0 bridgehead atoms. The maximum absolute atomic E-state index is 12.8. The molecule has 0 aromatic heterocycles. The number of carbonyl (C=O) groups excluding carboxylic acids is 2. The molecule has 41 heavy (non-hydrogen) atoms. The van der Waals surface area contributed by atoms with E-state index in [0.29, 0.717) is 17.7 Å². The lowest BCUT2D eigenvalue weighted by atomic mass is 9.92. The van der Waals surface area contributed by atoms with Gasteiger partial charge in [-0.15, -0.1) is 0 Å². The van der Waals surface area contributed by atoms with Gasteiger partial charge in [0.15, 0.2) is 0 Å². The summed E-state index contributed by atoms with van der Waals surface area (Å²) in [6, 6.07) is 22.9. The molecule has 3 aromatic carbocycles. The summed E-state index contributed by atoms with van der Waals surface area (Å²) in [5, 5.41) is 0. The molecule has 0 spiro atoms. The molecule has 0 heterocycles. The van der Waals surface area contributed by atoms with Crippen molar-refractivity contribution in [3.8, 4) is 22.3 Å². The second-order valence-electron chi connectivity index (χ2n) is 10.7. The standard InChI is InChI=1S/C36H46O5/c1-4-6-8-10-11-16-26-39-41-36(38)32-24-25-33(29-18-14-12-15-19-29)34(27-32)30-20-22-31(23-21-30)35(37)40-28(3)17-13-9-7-5-2/h12,14-15,18-25,27-28H,4-11,13,16-17,26H2,1-3H3. The molecule has 0 aliphatic rings. The van der Waals surface area contributed by atoms with Gasteiger partial charge in [-0.25, -0.2) is 9.59 Å². The van der Waals surface area contributed by atoms with Gasteiger partial charge >= 0.3 is 11.9 Å². The Hall–Kier alpha value is -3.44. The van der Waals surface area contributed by atoms with Crippen LogP contribution in [-0.2, 0) is 14.5 Å². The smallest absolute Gasteiger partial charge is 0.373 e. The Kier molecular flexibility index (Phi) is 14.2. The number of carbonyl (C=O) groups is 2. The molecule has 0 N–H and O–H groups in total. The van der Waals surface area contributed by atoms with Gasteiger partial charge in [-0.2, -0.15) is 4.89 Å². The Morgan fingerprint density at radius 3 is 1.95 bits per heavy atom. The normalized spacial score (nSPS) is 11.7. The summed E-state index contributed by atoms with van der Waals surface area (Å²) in [6.45, 7) is 6.72. The number of ether oxygens (including phenoxy) is 1. The lowest BCUT2D eigenvalue weighted by Gasteiger charge is -2.14. The van der Waals surface area contributed by atoms with Gasteiger partial charge < -0.3 is 4.74 Å². The predicted molar refractivity (Wildman–Crippen MR) is 166 cm³/mol. The molecule has 3 rings (SSSR count). The highest BCUT2D eigenvalue weighted by Crippen LogP contribution is 2.33. The van der Waals surface area contributed by atoms with E-state index in [1.807, 2.05) is 61.5 Å². The van der Waals surface area contributed by atoms with Crippen LogP contribution in [0.2, 0.25) is 0 Å². The van der Waals surface area contributed by atoms with Crippen LogP contribution >= 0.6 is 0 Å². The Morgan fingerprint density at radius 2 is 1.24 bits per heavy atom. The Morgan fingerprint density at radius 1 is 0.634 bits per heavy atom. The molecule has 0 fully saturated rings. The van der Waals surface area contributed by atoms with E-state index in [4.69, 9.17) is 14.5 Å². The van der Waals surface area contributed by atoms with Crippen LogP contribution in [0.25, 0.3) is 22.3 Å². The van der Waals surface area contributed by atoms with Crippen LogP contribution in [-0.4, -0.2) is 24.6 Å². The highest BCUT2D eigenvalue weighted by atomic mass is 17.2. The molecule has 0 radical (unpaired) electrons. The topological polar surface area (TPSA) is 61.8 Å². The number of hydrogen-bond acceptors (Lipinski definition) is 5. The lowest BCUT2D eigenvalue weighted by molar-refractivity contribution is -0.241. The molecule has 1 unspecified atom stereocenters. The first kappa shape index (κ1) is 32.1. The first-order valence-electron chi connectivity index (χ1n) is 15.4. The van der Waals surface area contributed by atoms with Crippen molar-refractivity contribution >= 4 is 11.9 Å². The van der Waals surface area contributed by atoms with Crippen molar-refractivity contribution in [1.29, 1.82) is 0 Å². The number of esters is 1. The highest BCUT2D eigenvalue weighted by Gasteiger charge is 2.16. The second kappa shape index (κ2) is 18.1. The van der Waals surface area contributed by atoms with E-state index in [1.165, 1.54) is 38.5 Å². The minimum absolute atomic E-state index is 0.116. The molecule has 0 aliphatic carbocycles. The fraction of sp³-hybridized carbons (Fsp3) is 0.444. The summed E-state index contributed by atoms with van der Waals surface area (Å²) in [7, 11) is 0. The zero-order valence-electron chi connectivity index (χ0n) is 25.0. The van der Waals surface area contributed by atoms with Crippen molar-refractivity contribution in [2.75, 3.05) is 6.61 Å². The minimum atomic E-state index is -0.523. The van der Waals surface area contributed by atoms with E-state index in [-0.39, 0.29) is 12.1 Å². The molecule has 1 atom stereocenters. The van der Waals surface area contributed by atoms with Crippen LogP contribution in [0, 0.1) is 0 Å². The van der Waals surface area contributed by atoms with Crippen molar-refractivity contribution in [2.45, 2.75) is 97.5 Å². The molecule has 0 amide bonds. The van der Waals surface area contributed by atoms with Gasteiger partial charge in [0.25, 0.3) is 0 Å². The van der Waals surface area contributed by atoms with E-state index in [9.17, 15) is 9.59 Å². The number of benzene rings is 3. The molecular formula is C36H46O5. The van der Waals surface area contributed by atoms with Crippen molar-refractivity contribution in [2.24, 2.45) is 0 Å². The van der Waals surface area contributed by atoms with Gasteiger partial charge in [-0.05, 0) is 72.7 Å². The summed E-state index contributed by atoms with van der Waals surface area (Å²) in [5.74, 6) is -0.840. The van der Waals surface area contributed by atoms with Crippen LogP contribution in [0.15, 0.2) is 72.8 Å². The molecule has 5 nitrogen and oxygen atoms in total. The quantitative estimate of drug-likeness (QED) is 0.0673. The average Bonchev–Trinajstić information content (AvgIpc) is 3.00. The molecule has 220 valence electrons. The molecule has 3 aromatic rings. The molecule has 0 saturated carbocycles. The summed E-state index contributed by atoms with van der Waals surface area (Å²) in [6.07, 6.45) is 12.2. The van der Waals surface area contributed by atoms with Crippen LogP contribution in [0.5, 0.6) is 0 Å². The Bertz CT molecular complexity index is 1190. The highest BCUT2D eigenvalue weighted by molar-refractivity contribution is 5.95. The monoisotopic (exact) mass is 558 g/mol. The summed E-state index contributed by atoms with van der Waals surface area (Å²) in [5.41, 5.74) is 4.67. The van der Waals surface area contributed by atoms with Gasteiger partial charge in [0.05, 0.1) is 23.8 Å². The zero-order valence-corrected chi connectivity index (χ0v) is 25.0. The first-order valence-corrected chi connectivity index (χ1v) is 15.4. The van der Waals surface area contributed by atoms with E-state index in [0.717, 1.165) is 54.4 Å². The molecular weight excluding hydrogens is 512 g/mol. The third-order valence-electron chi connectivity index (χ3n) is 7.26. The average molecular weight is 559 g/mol. The van der Waals surface area contributed by atoms with E-state index >= 15 is 0 Å². The zero-order chi connectivity index (χ0) is 29.3. The maximum atomic E-state index is 12.8. The van der Waals surface area contributed by atoms with Gasteiger partial charge in [-0.1, -0.05) is 114 Å². The molecule has 0 saturated heterocycles. The minimum Gasteiger partial charge on any atom is -0.459 e. The third kappa shape index (κ3) is 10.8. The second-order valence-corrected chi connectivity index (χ2v) is 10.7. The Balaban J connectivity index is 1.69. The predicted octanol–water partition coefficient (Wildman–Crippen LogP) is 9.99. The number of rotatable bonds is 18. The summed E-state index contributed by atoms with van der Waals surface area (Å²) >= 11 is 0. The van der Waals surface area contributed by atoms with E-state index in [2.05, 4.69) is 13.8 Å². The van der Waals surface area contributed by atoms with Gasteiger partial charge in [-0.3, -0.25) is 4.89 Å². The fourth-order valence-electron chi connectivity index (χ4n) is 4.82. The van der Waals surface area contributed by atoms with Crippen LogP contribution in [0.3, 0.4) is 0 Å². The third-order valence-corrected chi connectivity index (χ3v) is 7.26. The summed E-state index contributed by atoms with van der Waals surface area (Å²) < 4.78 is 5.67. The van der Waals surface area contributed by atoms with Crippen LogP contribution in [0.4, 0.5) is 0 Å². The van der Waals surface area contributed by atoms with Crippen molar-refractivity contribution in [3.05, 3.63) is 83.9 Å². The van der Waals surface area contributed by atoms with E-state index in [1.54, 1.807) is 18.2 Å². The van der Waals surface area contributed by atoms with Crippen molar-refractivity contribution < 1.29 is 24.1 Å². The van der Waals surface area contributed by atoms with Crippen LogP contribution < -0.4 is 0 Å². The maximum Gasteiger partial charge on any atom is 0.373 e. The SMILES string of the molecule is CCCCCCCCOOC(=O)c1ccc(-c2ccccc2)c(-c2ccc(C(=O)OC(C)CCCCCC)cc2)c1. The van der Waals surface area contributed by atoms with E-state index < -0.39 is 5.97 Å². The Labute approximate surface area is 246 Å². The van der Waals surface area contributed by atoms with Crippen LogP contribution in [0.1, 0.15) is 112 Å². The van der Waals surface area contributed by atoms with Gasteiger partial charge in [0.1, 0.15) is 0 Å². The van der Waals surface area contributed by atoms with Gasteiger partial charge in [0, 0.05) is 0 Å². The lowest BCUT2D eigenvalue weighted by Crippen LogP contribution is -2.15. The van der Waals surface area contributed by atoms with Gasteiger partial charge in [0.2, 0.25) is 0 Å². The largest absolute Gasteiger partial charge is 0.459 e. The number of unbranched alkanes of at least 4 members (excludes halogenated alkanes) is 8. The number of hydrogen-bond donors (Lipinski definition) is 0. The van der Waals surface area contributed by atoms with Crippen molar-refractivity contribution in [3.63, 3.8) is 0 Å². The first-order chi connectivity index (χ1) is 20.0. The summed E-state index contributed by atoms with van der Waals surface area (Å²) in [4.78, 5) is 35.9. The molecule has 5 heteroatoms. The fourth-order valence-corrected chi connectivity index (χ4v) is 4.82.